The van der Waals surface area contributed by atoms with E-state index in [0.717, 1.165) is 5.69 Å². The Bertz CT molecular complexity index is 815. The molecule has 0 saturated carbocycles. The van der Waals surface area contributed by atoms with Crippen LogP contribution in [0.25, 0.3) is 0 Å². The average molecular weight is 379 g/mol. The zero-order valence-corrected chi connectivity index (χ0v) is 15.2. The van der Waals surface area contributed by atoms with Crippen LogP contribution in [0.15, 0.2) is 28.8 Å². The van der Waals surface area contributed by atoms with Gasteiger partial charge in [-0.15, -0.1) is 0 Å². The molecule has 0 aliphatic carbocycles. The van der Waals surface area contributed by atoms with E-state index in [0.29, 0.717) is 48.3 Å². The normalized spacial score (nSPS) is 14.3. The summed E-state index contributed by atoms with van der Waals surface area (Å²) < 4.78 is 9.69. The molecule has 2 amide bonds. The van der Waals surface area contributed by atoms with Crippen molar-refractivity contribution in [2.24, 2.45) is 0 Å². The molecular weight excluding hydrogens is 360 g/mol. The van der Waals surface area contributed by atoms with Crippen molar-refractivity contribution in [2.75, 3.05) is 43.5 Å². The number of benzene rings is 1. The fourth-order valence-corrected chi connectivity index (χ4v) is 3.00. The molecule has 0 atom stereocenters. The monoisotopic (exact) mass is 378 g/mol. The summed E-state index contributed by atoms with van der Waals surface area (Å²) in [6, 6.07) is 6.44. The van der Waals surface area contributed by atoms with Crippen molar-refractivity contribution >= 4 is 35.1 Å². The van der Waals surface area contributed by atoms with Gasteiger partial charge in [-0.25, -0.2) is 9.59 Å². The van der Waals surface area contributed by atoms with Crippen molar-refractivity contribution < 1.29 is 18.8 Å². The number of nitrogens with zero attached hydrogens (tertiary/aromatic N) is 3. The lowest BCUT2D eigenvalue weighted by Crippen LogP contribution is -2.50. The van der Waals surface area contributed by atoms with E-state index in [9.17, 15) is 9.59 Å². The highest BCUT2D eigenvalue weighted by molar-refractivity contribution is 6.33. The Kier molecular flexibility index (Phi) is 5.32. The van der Waals surface area contributed by atoms with Gasteiger partial charge < -0.3 is 19.1 Å². The molecule has 1 aromatic heterocycles. The minimum Gasteiger partial charge on any atom is -0.465 e. The van der Waals surface area contributed by atoms with Gasteiger partial charge in [0.25, 0.3) is 0 Å². The fraction of sp³-hybridized carbons (Fsp3) is 0.353. The number of aromatic nitrogens is 1. The van der Waals surface area contributed by atoms with Gasteiger partial charge in [-0.3, -0.25) is 5.32 Å². The van der Waals surface area contributed by atoms with Crippen LogP contribution in [-0.4, -0.2) is 55.3 Å². The highest BCUT2D eigenvalue weighted by atomic mass is 35.5. The van der Waals surface area contributed by atoms with E-state index >= 15 is 0 Å². The molecular formula is C17H19ClN4O4. The van der Waals surface area contributed by atoms with Gasteiger partial charge >= 0.3 is 12.0 Å². The number of hydrogen-bond donors (Lipinski definition) is 1. The molecule has 1 fully saturated rings. The van der Waals surface area contributed by atoms with E-state index in [1.807, 2.05) is 4.90 Å². The number of hydrogen-bond acceptors (Lipinski definition) is 6. The molecule has 9 heteroatoms. The molecule has 1 aliphatic heterocycles. The summed E-state index contributed by atoms with van der Waals surface area (Å²) in [6.45, 7) is 3.97. The third-order valence-corrected chi connectivity index (χ3v) is 4.46. The van der Waals surface area contributed by atoms with E-state index in [1.54, 1.807) is 36.1 Å². The molecule has 2 aromatic rings. The maximum absolute atomic E-state index is 12.3. The van der Waals surface area contributed by atoms with Crippen molar-refractivity contribution in [2.45, 2.75) is 6.92 Å². The van der Waals surface area contributed by atoms with Crippen LogP contribution in [0.3, 0.4) is 0 Å². The summed E-state index contributed by atoms with van der Waals surface area (Å²) in [5.74, 6) is 0.609. The number of aryl methyl sites for hydroxylation is 1. The second kappa shape index (κ2) is 7.65. The lowest BCUT2D eigenvalue weighted by Gasteiger charge is -2.36. The summed E-state index contributed by atoms with van der Waals surface area (Å²) in [5, 5.41) is 7.01. The summed E-state index contributed by atoms with van der Waals surface area (Å²) in [6.07, 6.45) is 0. The molecule has 2 heterocycles. The number of rotatable bonds is 3. The molecule has 0 spiro atoms. The van der Waals surface area contributed by atoms with Gasteiger partial charge in [-0.1, -0.05) is 16.8 Å². The molecule has 0 radical (unpaired) electrons. The molecule has 1 N–H and O–H groups in total. The Morgan fingerprint density at radius 3 is 2.58 bits per heavy atom. The number of carbonyl (C=O) groups excluding carboxylic acids is 2. The van der Waals surface area contributed by atoms with Gasteiger partial charge in [-0.2, -0.15) is 0 Å². The van der Waals surface area contributed by atoms with Crippen LogP contribution in [0.1, 0.15) is 16.1 Å². The predicted octanol–water partition coefficient (Wildman–Crippen LogP) is 2.78. The minimum absolute atomic E-state index is 0.229. The third kappa shape index (κ3) is 3.91. The van der Waals surface area contributed by atoms with Crippen LogP contribution in [0.5, 0.6) is 0 Å². The number of esters is 1. The quantitative estimate of drug-likeness (QED) is 0.826. The Morgan fingerprint density at radius 2 is 1.96 bits per heavy atom. The molecule has 8 nitrogen and oxygen atoms in total. The van der Waals surface area contributed by atoms with Crippen molar-refractivity contribution in [3.63, 3.8) is 0 Å². The molecule has 26 heavy (non-hydrogen) atoms. The van der Waals surface area contributed by atoms with Crippen LogP contribution in [-0.2, 0) is 4.74 Å². The van der Waals surface area contributed by atoms with Crippen LogP contribution in [0, 0.1) is 6.92 Å². The number of piperazine rings is 1. The number of nitrogens with one attached hydrogen (secondary N) is 1. The Morgan fingerprint density at radius 1 is 1.23 bits per heavy atom. The maximum atomic E-state index is 12.3. The zero-order chi connectivity index (χ0) is 18.7. The van der Waals surface area contributed by atoms with Crippen LogP contribution in [0.2, 0.25) is 5.02 Å². The van der Waals surface area contributed by atoms with Crippen molar-refractivity contribution in [3.8, 4) is 0 Å². The predicted molar refractivity (Wildman–Crippen MR) is 96.8 cm³/mol. The lowest BCUT2D eigenvalue weighted by molar-refractivity contribution is 0.0600. The number of urea groups is 1. The van der Waals surface area contributed by atoms with Crippen molar-refractivity contribution in [1.29, 1.82) is 0 Å². The standard InChI is InChI=1S/C17H19ClN4O4/c1-11-9-15(20-26-11)19-17(24)22-7-5-21(6-8-22)14-10-12(16(23)25-2)3-4-13(14)18/h3-4,9-10H,5-8H2,1-2H3,(H,19,20,24). The summed E-state index contributed by atoms with van der Waals surface area (Å²) in [5.41, 5.74) is 1.19. The van der Waals surface area contributed by atoms with Crippen LogP contribution >= 0.6 is 11.6 Å². The molecule has 0 bridgehead atoms. The second-order valence-electron chi connectivity index (χ2n) is 5.88. The van der Waals surface area contributed by atoms with Crippen LogP contribution in [0.4, 0.5) is 16.3 Å². The van der Waals surface area contributed by atoms with Crippen molar-refractivity contribution in [1.82, 2.24) is 10.1 Å². The fourth-order valence-electron chi connectivity index (χ4n) is 2.76. The number of halogens is 1. The average Bonchev–Trinajstić information content (AvgIpc) is 3.06. The third-order valence-electron chi connectivity index (χ3n) is 4.14. The largest absolute Gasteiger partial charge is 0.465 e. The molecule has 3 rings (SSSR count). The summed E-state index contributed by atoms with van der Waals surface area (Å²) in [7, 11) is 1.34. The second-order valence-corrected chi connectivity index (χ2v) is 6.29. The van der Waals surface area contributed by atoms with E-state index in [4.69, 9.17) is 20.9 Å². The summed E-state index contributed by atoms with van der Waals surface area (Å²) >= 11 is 6.28. The molecule has 1 saturated heterocycles. The Balaban J connectivity index is 1.63. The van der Waals surface area contributed by atoms with E-state index < -0.39 is 5.97 Å². The van der Waals surface area contributed by atoms with Crippen molar-refractivity contribution in [3.05, 3.63) is 40.6 Å². The number of methoxy groups -OCH3 is 1. The first-order valence-corrected chi connectivity index (χ1v) is 8.48. The first-order chi connectivity index (χ1) is 12.5. The first kappa shape index (κ1) is 18.1. The molecule has 0 unspecified atom stereocenters. The van der Waals surface area contributed by atoms with Gasteiger partial charge in [0, 0.05) is 32.2 Å². The van der Waals surface area contributed by atoms with Gasteiger partial charge in [-0.05, 0) is 25.1 Å². The number of anilines is 2. The Hall–Kier alpha value is -2.74. The highest BCUT2D eigenvalue weighted by Crippen LogP contribution is 2.28. The van der Waals surface area contributed by atoms with Gasteiger partial charge in [0.1, 0.15) is 5.76 Å². The molecule has 1 aliphatic rings. The SMILES string of the molecule is COC(=O)c1ccc(Cl)c(N2CCN(C(=O)Nc3cc(C)on3)CC2)c1. The summed E-state index contributed by atoms with van der Waals surface area (Å²) in [4.78, 5) is 27.7. The number of amides is 2. The number of ether oxygens (including phenoxy) is 1. The van der Waals surface area contributed by atoms with Gasteiger partial charge in [0.05, 0.1) is 23.4 Å². The van der Waals surface area contributed by atoms with E-state index in [-0.39, 0.29) is 6.03 Å². The smallest absolute Gasteiger partial charge is 0.337 e. The topological polar surface area (TPSA) is 87.9 Å². The number of carbonyl (C=O) groups is 2. The minimum atomic E-state index is -0.413. The van der Waals surface area contributed by atoms with Crippen LogP contribution < -0.4 is 10.2 Å². The molecule has 138 valence electrons. The van der Waals surface area contributed by atoms with Gasteiger partial charge in [0.15, 0.2) is 5.82 Å². The first-order valence-electron chi connectivity index (χ1n) is 8.10. The van der Waals surface area contributed by atoms with E-state index in [2.05, 4.69) is 10.5 Å². The lowest BCUT2D eigenvalue weighted by atomic mass is 10.1. The Labute approximate surface area is 155 Å². The maximum Gasteiger partial charge on any atom is 0.337 e. The highest BCUT2D eigenvalue weighted by Gasteiger charge is 2.24. The zero-order valence-electron chi connectivity index (χ0n) is 14.5. The van der Waals surface area contributed by atoms with E-state index in [1.165, 1.54) is 7.11 Å². The molecule has 1 aromatic carbocycles. The van der Waals surface area contributed by atoms with Gasteiger partial charge in [0.2, 0.25) is 0 Å².